The van der Waals surface area contributed by atoms with E-state index in [-0.39, 0.29) is 24.3 Å². The third-order valence-corrected chi connectivity index (χ3v) is 6.83. The number of ether oxygens (including phenoxy) is 1. The second kappa shape index (κ2) is 10.2. The molecule has 0 saturated carbocycles. The minimum Gasteiger partial charge on any atom is -0.354 e. The van der Waals surface area contributed by atoms with Crippen molar-refractivity contribution in [3.63, 3.8) is 0 Å². The van der Waals surface area contributed by atoms with E-state index < -0.39 is 11.8 Å². The van der Waals surface area contributed by atoms with E-state index in [1.165, 1.54) is 0 Å². The summed E-state index contributed by atoms with van der Waals surface area (Å²) in [5, 5.41) is 2.97. The van der Waals surface area contributed by atoms with Crippen molar-refractivity contribution in [2.75, 3.05) is 26.2 Å². The van der Waals surface area contributed by atoms with Crippen LogP contribution in [0, 0.1) is 19.8 Å². The molecule has 0 bridgehead atoms. The lowest BCUT2D eigenvalue weighted by molar-refractivity contribution is -0.128. The Balaban J connectivity index is 1.57. The Labute approximate surface area is 207 Å². The summed E-state index contributed by atoms with van der Waals surface area (Å²) in [6, 6.07) is 14.3. The Morgan fingerprint density at radius 2 is 1.54 bits per heavy atom. The molecule has 3 amide bonds. The number of nitrogens with one attached hydrogen (secondary N) is 1. The van der Waals surface area contributed by atoms with Crippen molar-refractivity contribution >= 4 is 17.7 Å². The minimum atomic E-state index is -0.913. The van der Waals surface area contributed by atoms with Crippen LogP contribution in [0.2, 0.25) is 0 Å². The first-order valence-corrected chi connectivity index (χ1v) is 12.4. The maximum Gasteiger partial charge on any atom is 0.256 e. The van der Waals surface area contributed by atoms with Crippen LogP contribution in [0.5, 0.6) is 0 Å². The van der Waals surface area contributed by atoms with Gasteiger partial charge in [-0.1, -0.05) is 49.2 Å². The Kier molecular flexibility index (Phi) is 7.26. The zero-order valence-electron chi connectivity index (χ0n) is 21.0. The van der Waals surface area contributed by atoms with Gasteiger partial charge in [0.2, 0.25) is 5.91 Å². The van der Waals surface area contributed by atoms with Crippen LogP contribution in [-0.2, 0) is 9.53 Å². The first-order chi connectivity index (χ1) is 16.7. The van der Waals surface area contributed by atoms with Gasteiger partial charge in [0.15, 0.2) is 0 Å². The monoisotopic (exact) mass is 477 g/mol. The van der Waals surface area contributed by atoms with Gasteiger partial charge >= 0.3 is 0 Å². The van der Waals surface area contributed by atoms with E-state index in [0.717, 1.165) is 11.1 Å². The highest BCUT2D eigenvalue weighted by Gasteiger charge is 2.54. The van der Waals surface area contributed by atoms with Gasteiger partial charge < -0.3 is 15.0 Å². The van der Waals surface area contributed by atoms with Crippen molar-refractivity contribution in [2.24, 2.45) is 5.92 Å². The fourth-order valence-corrected chi connectivity index (χ4v) is 4.93. The van der Waals surface area contributed by atoms with Crippen LogP contribution in [0.3, 0.4) is 0 Å². The molecule has 7 nitrogen and oxygen atoms in total. The summed E-state index contributed by atoms with van der Waals surface area (Å²) in [6.45, 7) is 9.55. The predicted octanol–water partition coefficient (Wildman–Crippen LogP) is 3.55. The van der Waals surface area contributed by atoms with Crippen molar-refractivity contribution in [3.05, 3.63) is 70.8 Å². The quantitative estimate of drug-likeness (QED) is 0.714. The van der Waals surface area contributed by atoms with Crippen molar-refractivity contribution < 1.29 is 19.1 Å². The first-order valence-electron chi connectivity index (χ1n) is 12.4. The molecule has 2 aromatic rings. The molecule has 0 radical (unpaired) electrons. The summed E-state index contributed by atoms with van der Waals surface area (Å²) in [5.74, 6) is -0.138. The number of amides is 3. The average Bonchev–Trinajstić information content (AvgIpc) is 3.20. The maximum atomic E-state index is 13.8. The number of likely N-dealkylation sites (tertiary alicyclic amines) is 1. The molecule has 7 heteroatoms. The molecule has 2 aliphatic rings. The van der Waals surface area contributed by atoms with Gasteiger partial charge in [-0.15, -0.1) is 0 Å². The van der Waals surface area contributed by atoms with Gasteiger partial charge in [0, 0.05) is 43.6 Å². The van der Waals surface area contributed by atoms with Crippen molar-refractivity contribution in [3.8, 4) is 0 Å². The summed E-state index contributed by atoms with van der Waals surface area (Å²) in [7, 11) is 0. The van der Waals surface area contributed by atoms with Gasteiger partial charge in [-0.2, -0.15) is 0 Å². The molecule has 2 aromatic carbocycles. The number of piperidine rings is 1. The highest BCUT2D eigenvalue weighted by Crippen LogP contribution is 2.39. The highest BCUT2D eigenvalue weighted by molar-refractivity contribution is 5.99. The Hall–Kier alpha value is -3.19. The van der Waals surface area contributed by atoms with Gasteiger partial charge in [0.05, 0.1) is 6.61 Å². The van der Waals surface area contributed by atoms with Crippen LogP contribution < -0.4 is 5.32 Å². The number of nitrogens with zero attached hydrogens (tertiary/aromatic N) is 2. The fraction of sp³-hybridized carbons (Fsp3) is 0.464. The number of rotatable bonds is 5. The third kappa shape index (κ3) is 5.25. The molecule has 4 rings (SSSR count). The zero-order valence-corrected chi connectivity index (χ0v) is 21.0. The predicted molar refractivity (Wildman–Crippen MR) is 134 cm³/mol. The van der Waals surface area contributed by atoms with E-state index >= 15 is 0 Å². The standard InChI is InChI=1S/C28H35N3O4/c1-19(2)17-29-25(32)24-18-35-28(31(24)27(34)23-10-6-8-21(4)16-23)11-13-30(14-12-28)26(33)22-9-5-7-20(3)15-22/h5-10,15-16,19,24H,11-14,17-18H2,1-4H3,(H,29,32)/t24-/m1/s1. The lowest BCUT2D eigenvalue weighted by atomic mass is 9.95. The molecular formula is C28H35N3O4. The largest absolute Gasteiger partial charge is 0.354 e. The summed E-state index contributed by atoms with van der Waals surface area (Å²) in [4.78, 5) is 43.5. The van der Waals surface area contributed by atoms with E-state index in [4.69, 9.17) is 4.74 Å². The van der Waals surface area contributed by atoms with E-state index in [2.05, 4.69) is 5.32 Å². The van der Waals surface area contributed by atoms with E-state index in [1.807, 2.05) is 75.1 Å². The number of aryl methyl sites for hydroxylation is 2. The van der Waals surface area contributed by atoms with E-state index in [9.17, 15) is 14.4 Å². The molecular weight excluding hydrogens is 442 g/mol. The summed E-state index contributed by atoms with van der Waals surface area (Å²) in [5.41, 5.74) is 2.30. The number of hydrogen-bond acceptors (Lipinski definition) is 4. The molecule has 1 spiro atoms. The zero-order chi connectivity index (χ0) is 25.2. The minimum absolute atomic E-state index is 0.0238. The van der Waals surface area contributed by atoms with Gasteiger partial charge in [0.1, 0.15) is 11.8 Å². The van der Waals surface area contributed by atoms with Crippen molar-refractivity contribution in [2.45, 2.75) is 52.3 Å². The molecule has 2 heterocycles. The third-order valence-electron chi connectivity index (χ3n) is 6.83. The molecule has 1 atom stereocenters. The van der Waals surface area contributed by atoms with E-state index in [1.54, 1.807) is 11.0 Å². The normalized spacial score (nSPS) is 19.3. The van der Waals surface area contributed by atoms with Crippen molar-refractivity contribution in [1.29, 1.82) is 0 Å². The number of hydrogen-bond donors (Lipinski definition) is 1. The van der Waals surface area contributed by atoms with Gasteiger partial charge in [-0.3, -0.25) is 19.3 Å². The summed E-state index contributed by atoms with van der Waals surface area (Å²) in [6.07, 6.45) is 0.909. The molecule has 2 saturated heterocycles. The maximum absolute atomic E-state index is 13.8. The molecule has 0 aromatic heterocycles. The molecule has 2 aliphatic heterocycles. The molecule has 2 fully saturated rings. The van der Waals surface area contributed by atoms with Crippen LogP contribution in [0.4, 0.5) is 0 Å². The van der Waals surface area contributed by atoms with Crippen molar-refractivity contribution in [1.82, 2.24) is 15.1 Å². The fourth-order valence-electron chi connectivity index (χ4n) is 4.93. The van der Waals surface area contributed by atoms with Crippen LogP contribution in [0.15, 0.2) is 48.5 Å². The lowest BCUT2D eigenvalue weighted by Gasteiger charge is -2.44. The Morgan fingerprint density at radius 3 is 2.09 bits per heavy atom. The first kappa shape index (κ1) is 24.9. The van der Waals surface area contributed by atoms with Gasteiger partial charge in [0.25, 0.3) is 11.8 Å². The van der Waals surface area contributed by atoms with Crippen LogP contribution >= 0.6 is 0 Å². The van der Waals surface area contributed by atoms with Gasteiger partial charge in [-0.25, -0.2) is 0 Å². The van der Waals surface area contributed by atoms with Gasteiger partial charge in [-0.05, 0) is 44.0 Å². The number of benzene rings is 2. The molecule has 186 valence electrons. The van der Waals surface area contributed by atoms with Crippen LogP contribution in [0.1, 0.15) is 58.5 Å². The second-order valence-electron chi connectivity index (χ2n) is 10.1. The molecule has 0 aliphatic carbocycles. The SMILES string of the molecule is Cc1cccc(C(=O)N2CCC3(CC2)OC[C@H](C(=O)NCC(C)C)N3C(=O)c2cccc(C)c2)c1. The summed E-state index contributed by atoms with van der Waals surface area (Å²) >= 11 is 0. The Bertz CT molecular complexity index is 1100. The second-order valence-corrected chi connectivity index (χ2v) is 10.1. The Morgan fingerprint density at radius 1 is 0.971 bits per heavy atom. The lowest BCUT2D eigenvalue weighted by Crippen LogP contribution is -2.60. The molecule has 0 unspecified atom stereocenters. The van der Waals surface area contributed by atoms with E-state index in [0.29, 0.717) is 49.5 Å². The topological polar surface area (TPSA) is 79.0 Å². The molecule has 1 N–H and O–H groups in total. The van der Waals surface area contributed by atoms with Crippen LogP contribution in [-0.4, -0.2) is 65.5 Å². The molecule has 35 heavy (non-hydrogen) atoms. The highest BCUT2D eigenvalue weighted by atomic mass is 16.5. The summed E-state index contributed by atoms with van der Waals surface area (Å²) < 4.78 is 6.27. The number of carbonyl (C=O) groups excluding carboxylic acids is 3. The van der Waals surface area contributed by atoms with Crippen LogP contribution in [0.25, 0.3) is 0 Å². The average molecular weight is 478 g/mol. The number of carbonyl (C=O) groups is 3. The smallest absolute Gasteiger partial charge is 0.256 e.